The van der Waals surface area contributed by atoms with E-state index in [-0.39, 0.29) is 18.0 Å². The molecule has 1 aliphatic heterocycles. The zero-order valence-corrected chi connectivity index (χ0v) is 12.9. The molecule has 1 aromatic carbocycles. The maximum atomic E-state index is 12.6. The molecular weight excluding hydrogens is 300 g/mol. The first kappa shape index (κ1) is 15.7. The van der Waals surface area contributed by atoms with Crippen LogP contribution in [0.1, 0.15) is 25.3 Å². The van der Waals surface area contributed by atoms with Gasteiger partial charge in [-0.25, -0.2) is 8.42 Å². The van der Waals surface area contributed by atoms with Crippen molar-refractivity contribution in [3.05, 3.63) is 28.8 Å². The van der Waals surface area contributed by atoms with Crippen molar-refractivity contribution in [1.82, 2.24) is 4.31 Å². The lowest BCUT2D eigenvalue weighted by atomic mass is 9.97. The largest absolute Gasteiger partial charge is 0.389 e. The molecular formula is C13H19ClN2O3S. The van der Waals surface area contributed by atoms with Crippen molar-refractivity contribution in [2.75, 3.05) is 13.1 Å². The van der Waals surface area contributed by atoms with Crippen molar-refractivity contribution in [2.45, 2.75) is 36.8 Å². The Hall–Kier alpha value is -0.660. The van der Waals surface area contributed by atoms with E-state index in [2.05, 4.69) is 0 Å². The molecule has 0 aromatic heterocycles. The summed E-state index contributed by atoms with van der Waals surface area (Å²) in [6.45, 7) is 2.43. The molecule has 0 aliphatic carbocycles. The van der Waals surface area contributed by atoms with Crippen LogP contribution in [0.2, 0.25) is 5.02 Å². The smallest absolute Gasteiger partial charge is 0.243 e. The van der Waals surface area contributed by atoms with Gasteiger partial charge in [-0.05, 0) is 37.5 Å². The molecule has 3 N–H and O–H groups in total. The van der Waals surface area contributed by atoms with Crippen LogP contribution in [0.15, 0.2) is 23.1 Å². The SMILES string of the molecule is CC1(O)CCCN(S(=O)(=O)c2ccc(CN)c(Cl)c2)C1. The van der Waals surface area contributed by atoms with Gasteiger partial charge in [0.05, 0.1) is 10.5 Å². The van der Waals surface area contributed by atoms with E-state index in [1.165, 1.54) is 16.4 Å². The summed E-state index contributed by atoms with van der Waals surface area (Å²) in [5.74, 6) is 0. The maximum absolute atomic E-state index is 12.6. The minimum Gasteiger partial charge on any atom is -0.389 e. The molecule has 1 aliphatic rings. The first-order chi connectivity index (χ1) is 9.26. The molecule has 1 aromatic rings. The topological polar surface area (TPSA) is 83.6 Å². The number of hydrogen-bond donors (Lipinski definition) is 2. The van der Waals surface area contributed by atoms with Crippen LogP contribution < -0.4 is 5.73 Å². The Bertz CT molecular complexity index is 602. The average Bonchev–Trinajstić information content (AvgIpc) is 2.37. The fourth-order valence-electron chi connectivity index (χ4n) is 2.38. The number of aliphatic hydroxyl groups is 1. The standard InChI is InChI=1S/C13H19ClN2O3S/c1-13(17)5-2-6-16(9-13)20(18,19)11-4-3-10(8-15)12(14)7-11/h3-4,7,17H,2,5-6,8-9,15H2,1H3. The predicted octanol–water partition coefficient (Wildman–Crippen LogP) is 1.33. The molecule has 0 amide bonds. The van der Waals surface area contributed by atoms with E-state index < -0.39 is 15.6 Å². The van der Waals surface area contributed by atoms with E-state index in [1.54, 1.807) is 13.0 Å². The van der Waals surface area contributed by atoms with Gasteiger partial charge in [-0.2, -0.15) is 4.31 Å². The highest BCUT2D eigenvalue weighted by atomic mass is 35.5. The van der Waals surface area contributed by atoms with Gasteiger partial charge in [0.25, 0.3) is 0 Å². The van der Waals surface area contributed by atoms with Gasteiger partial charge in [0.15, 0.2) is 0 Å². The van der Waals surface area contributed by atoms with Crippen LogP contribution in [-0.2, 0) is 16.6 Å². The number of nitrogens with two attached hydrogens (primary N) is 1. The normalized spacial score (nSPS) is 24.8. The van der Waals surface area contributed by atoms with Crippen LogP contribution in [0.25, 0.3) is 0 Å². The Kier molecular flexibility index (Phi) is 4.41. The van der Waals surface area contributed by atoms with Gasteiger partial charge >= 0.3 is 0 Å². The van der Waals surface area contributed by atoms with E-state index >= 15 is 0 Å². The lowest BCUT2D eigenvalue weighted by Crippen LogP contribution is -2.48. The number of hydrogen-bond acceptors (Lipinski definition) is 4. The maximum Gasteiger partial charge on any atom is 0.243 e. The summed E-state index contributed by atoms with van der Waals surface area (Å²) in [6, 6.07) is 4.55. The molecule has 1 unspecified atom stereocenters. The molecule has 0 spiro atoms. The van der Waals surface area contributed by atoms with Crippen molar-refractivity contribution in [3.8, 4) is 0 Å². The summed E-state index contributed by atoms with van der Waals surface area (Å²) in [5.41, 5.74) is 5.24. The highest BCUT2D eigenvalue weighted by molar-refractivity contribution is 7.89. The van der Waals surface area contributed by atoms with Gasteiger partial charge in [-0.3, -0.25) is 0 Å². The average molecular weight is 319 g/mol. The van der Waals surface area contributed by atoms with Gasteiger partial charge in [-0.1, -0.05) is 17.7 Å². The van der Waals surface area contributed by atoms with Crippen LogP contribution in [0.4, 0.5) is 0 Å². The van der Waals surface area contributed by atoms with Crippen molar-refractivity contribution in [3.63, 3.8) is 0 Å². The number of β-amino-alcohol motifs (C(OH)–C–C–N with tert-alkyl or cyclic N) is 1. The molecule has 1 atom stereocenters. The van der Waals surface area contributed by atoms with Gasteiger partial charge in [0.1, 0.15) is 0 Å². The monoisotopic (exact) mass is 318 g/mol. The zero-order valence-electron chi connectivity index (χ0n) is 11.3. The van der Waals surface area contributed by atoms with Gasteiger partial charge in [0, 0.05) is 24.7 Å². The minimum absolute atomic E-state index is 0.103. The summed E-state index contributed by atoms with van der Waals surface area (Å²) >= 11 is 6.02. The van der Waals surface area contributed by atoms with E-state index in [0.29, 0.717) is 30.0 Å². The zero-order chi connectivity index (χ0) is 15.0. The number of rotatable bonds is 3. The fraction of sp³-hybridized carbons (Fsp3) is 0.538. The number of halogens is 1. The van der Waals surface area contributed by atoms with Crippen LogP contribution in [0.3, 0.4) is 0 Å². The van der Waals surface area contributed by atoms with E-state index in [9.17, 15) is 13.5 Å². The minimum atomic E-state index is -3.63. The molecule has 0 saturated carbocycles. The van der Waals surface area contributed by atoms with Crippen LogP contribution >= 0.6 is 11.6 Å². The Morgan fingerprint density at radius 1 is 1.50 bits per heavy atom. The molecule has 1 fully saturated rings. The molecule has 7 heteroatoms. The Labute approximate surface area is 124 Å². The van der Waals surface area contributed by atoms with Crippen molar-refractivity contribution >= 4 is 21.6 Å². The number of sulfonamides is 1. The fourth-order valence-corrected chi connectivity index (χ4v) is 4.33. The highest BCUT2D eigenvalue weighted by Crippen LogP contribution is 2.28. The predicted molar refractivity (Wildman–Crippen MR) is 78.0 cm³/mol. The first-order valence-corrected chi connectivity index (χ1v) is 8.29. The molecule has 0 radical (unpaired) electrons. The van der Waals surface area contributed by atoms with E-state index in [0.717, 1.165) is 0 Å². The second-order valence-corrected chi connectivity index (χ2v) is 7.74. The molecule has 1 heterocycles. The molecule has 5 nitrogen and oxygen atoms in total. The second-order valence-electron chi connectivity index (χ2n) is 5.40. The summed E-state index contributed by atoms with van der Waals surface area (Å²) in [4.78, 5) is 0.136. The Morgan fingerprint density at radius 2 is 2.20 bits per heavy atom. The van der Waals surface area contributed by atoms with E-state index in [4.69, 9.17) is 17.3 Å². The molecule has 20 heavy (non-hydrogen) atoms. The third-order valence-electron chi connectivity index (χ3n) is 3.52. The van der Waals surface area contributed by atoms with Gasteiger partial charge < -0.3 is 10.8 Å². The van der Waals surface area contributed by atoms with Gasteiger partial charge in [-0.15, -0.1) is 0 Å². The van der Waals surface area contributed by atoms with Crippen molar-refractivity contribution in [2.24, 2.45) is 5.73 Å². The lowest BCUT2D eigenvalue weighted by molar-refractivity contribution is 0.00940. The van der Waals surface area contributed by atoms with E-state index in [1.807, 2.05) is 0 Å². The summed E-state index contributed by atoms with van der Waals surface area (Å²) in [6.07, 6.45) is 1.24. The third-order valence-corrected chi connectivity index (χ3v) is 5.72. The third kappa shape index (κ3) is 3.15. The summed E-state index contributed by atoms with van der Waals surface area (Å²) in [5, 5.41) is 10.4. The van der Waals surface area contributed by atoms with Crippen molar-refractivity contribution in [1.29, 1.82) is 0 Å². The number of benzene rings is 1. The summed E-state index contributed by atoms with van der Waals surface area (Å²) in [7, 11) is -3.63. The van der Waals surface area contributed by atoms with Crippen LogP contribution in [-0.4, -0.2) is 36.5 Å². The second kappa shape index (κ2) is 5.61. The molecule has 112 valence electrons. The van der Waals surface area contributed by atoms with Crippen molar-refractivity contribution < 1.29 is 13.5 Å². The summed E-state index contributed by atoms with van der Waals surface area (Å²) < 4.78 is 26.4. The lowest BCUT2D eigenvalue weighted by Gasteiger charge is -2.35. The Balaban J connectivity index is 2.33. The molecule has 2 rings (SSSR count). The van der Waals surface area contributed by atoms with Crippen LogP contribution in [0.5, 0.6) is 0 Å². The first-order valence-electron chi connectivity index (χ1n) is 6.47. The molecule has 0 bridgehead atoms. The Morgan fingerprint density at radius 3 is 2.75 bits per heavy atom. The quantitative estimate of drug-likeness (QED) is 0.880. The number of piperidine rings is 1. The van der Waals surface area contributed by atoms with Gasteiger partial charge in [0.2, 0.25) is 10.0 Å². The number of nitrogens with zero attached hydrogens (tertiary/aromatic N) is 1. The molecule has 1 saturated heterocycles. The van der Waals surface area contributed by atoms with Crippen LogP contribution in [0, 0.1) is 0 Å². The highest BCUT2D eigenvalue weighted by Gasteiger charge is 2.35.